The largest absolute Gasteiger partial charge is 0.508 e. The number of hydrogen-bond donors (Lipinski definition) is 2. The monoisotopic (exact) mass is 312 g/mol. The van der Waals surface area contributed by atoms with Crippen molar-refractivity contribution in [1.29, 1.82) is 0 Å². The van der Waals surface area contributed by atoms with Crippen molar-refractivity contribution in [3.63, 3.8) is 0 Å². The van der Waals surface area contributed by atoms with Crippen LogP contribution in [0.3, 0.4) is 0 Å². The molecule has 2 rings (SSSR count). The van der Waals surface area contributed by atoms with Crippen LogP contribution in [0.15, 0.2) is 36.4 Å². The molecule has 0 atom stereocenters. The molecule has 20 heavy (non-hydrogen) atoms. The number of nitro benzene ring substituents is 1. The summed E-state index contributed by atoms with van der Waals surface area (Å²) in [6.45, 7) is 0.325. The van der Waals surface area contributed by atoms with Gasteiger partial charge in [-0.1, -0.05) is 23.2 Å². The van der Waals surface area contributed by atoms with E-state index in [4.69, 9.17) is 23.2 Å². The highest BCUT2D eigenvalue weighted by atomic mass is 35.5. The van der Waals surface area contributed by atoms with E-state index in [-0.39, 0.29) is 11.4 Å². The molecule has 5 nitrogen and oxygen atoms in total. The lowest BCUT2D eigenvalue weighted by molar-refractivity contribution is -0.384. The van der Waals surface area contributed by atoms with Crippen LogP contribution >= 0.6 is 23.2 Å². The second-order valence-corrected chi connectivity index (χ2v) is 4.96. The first-order chi connectivity index (χ1) is 9.45. The number of nitro groups is 1. The van der Waals surface area contributed by atoms with Crippen molar-refractivity contribution in [2.45, 2.75) is 6.54 Å². The van der Waals surface area contributed by atoms with Gasteiger partial charge in [-0.05, 0) is 35.9 Å². The second kappa shape index (κ2) is 5.98. The topological polar surface area (TPSA) is 75.4 Å². The van der Waals surface area contributed by atoms with E-state index in [0.717, 1.165) is 11.6 Å². The van der Waals surface area contributed by atoms with Crippen molar-refractivity contribution in [2.75, 3.05) is 5.32 Å². The Labute approximate surface area is 124 Å². The molecule has 0 aliphatic heterocycles. The molecule has 0 aliphatic carbocycles. The number of phenols is 1. The molecule has 0 saturated heterocycles. The first-order valence-electron chi connectivity index (χ1n) is 5.62. The number of rotatable bonds is 4. The third kappa shape index (κ3) is 3.53. The van der Waals surface area contributed by atoms with Gasteiger partial charge in [0.1, 0.15) is 11.4 Å². The van der Waals surface area contributed by atoms with E-state index in [0.29, 0.717) is 22.3 Å². The molecule has 0 unspecified atom stereocenters. The Bertz CT molecular complexity index is 642. The van der Waals surface area contributed by atoms with Gasteiger partial charge in [-0.15, -0.1) is 0 Å². The van der Waals surface area contributed by atoms with E-state index in [1.807, 2.05) is 0 Å². The van der Waals surface area contributed by atoms with E-state index in [1.165, 1.54) is 12.1 Å². The number of aromatic hydroxyl groups is 1. The standard InChI is InChI=1S/C13H10Cl2N2O3/c14-9-3-8(4-10(15)5-9)7-16-12-2-1-11(18)6-13(12)17(19)20/h1-6,16,18H,7H2. The summed E-state index contributed by atoms with van der Waals surface area (Å²) in [6, 6.07) is 8.95. The lowest BCUT2D eigenvalue weighted by Crippen LogP contribution is -2.02. The van der Waals surface area contributed by atoms with E-state index >= 15 is 0 Å². The maximum atomic E-state index is 10.9. The van der Waals surface area contributed by atoms with Gasteiger partial charge < -0.3 is 10.4 Å². The van der Waals surface area contributed by atoms with Crippen molar-refractivity contribution < 1.29 is 10.0 Å². The molecule has 0 fully saturated rings. The van der Waals surface area contributed by atoms with Gasteiger partial charge in [0, 0.05) is 16.6 Å². The number of nitrogens with zero attached hydrogens (tertiary/aromatic N) is 1. The highest BCUT2D eigenvalue weighted by Crippen LogP contribution is 2.29. The van der Waals surface area contributed by atoms with Gasteiger partial charge in [-0.25, -0.2) is 0 Å². The Morgan fingerprint density at radius 1 is 1.15 bits per heavy atom. The second-order valence-electron chi connectivity index (χ2n) is 4.09. The fourth-order valence-corrected chi connectivity index (χ4v) is 2.30. The van der Waals surface area contributed by atoms with Crippen LogP contribution in [-0.4, -0.2) is 10.0 Å². The molecule has 0 heterocycles. The summed E-state index contributed by atoms with van der Waals surface area (Å²) >= 11 is 11.8. The van der Waals surface area contributed by atoms with Crippen LogP contribution in [0.1, 0.15) is 5.56 Å². The third-order valence-electron chi connectivity index (χ3n) is 2.58. The molecule has 2 N–H and O–H groups in total. The van der Waals surface area contributed by atoms with Crippen molar-refractivity contribution in [3.05, 3.63) is 62.1 Å². The van der Waals surface area contributed by atoms with Gasteiger partial charge in [0.15, 0.2) is 0 Å². The Hall–Kier alpha value is -1.98. The third-order valence-corrected chi connectivity index (χ3v) is 3.02. The molecule has 0 aromatic heterocycles. The number of nitrogens with one attached hydrogen (secondary N) is 1. The highest BCUT2D eigenvalue weighted by Gasteiger charge is 2.14. The molecule has 104 valence electrons. The zero-order chi connectivity index (χ0) is 14.7. The molecular formula is C13H10Cl2N2O3. The lowest BCUT2D eigenvalue weighted by Gasteiger charge is -2.08. The fourth-order valence-electron chi connectivity index (χ4n) is 1.73. The van der Waals surface area contributed by atoms with Crippen LogP contribution in [0, 0.1) is 10.1 Å². The van der Waals surface area contributed by atoms with Crippen LogP contribution in [0.4, 0.5) is 11.4 Å². The smallest absolute Gasteiger partial charge is 0.296 e. The number of anilines is 1. The van der Waals surface area contributed by atoms with E-state index in [2.05, 4.69) is 5.32 Å². The van der Waals surface area contributed by atoms with E-state index < -0.39 is 4.92 Å². The van der Waals surface area contributed by atoms with Crippen molar-refractivity contribution in [3.8, 4) is 5.75 Å². The van der Waals surface area contributed by atoms with Crippen molar-refractivity contribution >= 4 is 34.6 Å². The Morgan fingerprint density at radius 3 is 2.40 bits per heavy atom. The normalized spacial score (nSPS) is 10.3. The zero-order valence-electron chi connectivity index (χ0n) is 10.1. The molecule has 2 aromatic rings. The molecule has 0 radical (unpaired) electrons. The van der Waals surface area contributed by atoms with Crippen LogP contribution < -0.4 is 5.32 Å². The lowest BCUT2D eigenvalue weighted by atomic mass is 10.2. The van der Waals surface area contributed by atoms with Crippen LogP contribution in [0.25, 0.3) is 0 Å². The Kier molecular flexibility index (Phi) is 4.32. The molecule has 0 saturated carbocycles. The first kappa shape index (κ1) is 14.4. The summed E-state index contributed by atoms with van der Waals surface area (Å²) in [5.41, 5.74) is 0.909. The summed E-state index contributed by atoms with van der Waals surface area (Å²) in [7, 11) is 0. The van der Waals surface area contributed by atoms with Gasteiger partial charge in [0.05, 0.1) is 11.0 Å². The maximum absolute atomic E-state index is 10.9. The SMILES string of the molecule is O=[N+]([O-])c1cc(O)ccc1NCc1cc(Cl)cc(Cl)c1. The zero-order valence-corrected chi connectivity index (χ0v) is 11.6. The molecule has 0 spiro atoms. The fraction of sp³-hybridized carbons (Fsp3) is 0.0769. The Morgan fingerprint density at radius 2 is 1.80 bits per heavy atom. The van der Waals surface area contributed by atoms with Gasteiger partial charge in [0.2, 0.25) is 0 Å². The predicted molar refractivity (Wildman–Crippen MR) is 78.5 cm³/mol. The van der Waals surface area contributed by atoms with Gasteiger partial charge in [-0.3, -0.25) is 10.1 Å². The summed E-state index contributed by atoms with van der Waals surface area (Å²) in [6.07, 6.45) is 0. The van der Waals surface area contributed by atoms with Gasteiger partial charge in [0.25, 0.3) is 5.69 Å². The van der Waals surface area contributed by atoms with Crippen molar-refractivity contribution in [2.24, 2.45) is 0 Å². The van der Waals surface area contributed by atoms with E-state index in [9.17, 15) is 15.2 Å². The average Bonchev–Trinajstić information content (AvgIpc) is 2.36. The molecular weight excluding hydrogens is 303 g/mol. The Balaban J connectivity index is 2.20. The molecule has 0 bridgehead atoms. The number of hydrogen-bond acceptors (Lipinski definition) is 4. The molecule has 2 aromatic carbocycles. The van der Waals surface area contributed by atoms with Crippen LogP contribution in [-0.2, 0) is 6.54 Å². The number of phenolic OH excluding ortho intramolecular Hbond substituents is 1. The molecule has 0 aliphatic rings. The van der Waals surface area contributed by atoms with Crippen LogP contribution in [0.2, 0.25) is 10.0 Å². The highest BCUT2D eigenvalue weighted by molar-refractivity contribution is 6.34. The first-order valence-corrected chi connectivity index (χ1v) is 6.37. The number of halogens is 2. The summed E-state index contributed by atoms with van der Waals surface area (Å²) in [5, 5.41) is 24.1. The minimum Gasteiger partial charge on any atom is -0.508 e. The quantitative estimate of drug-likeness (QED) is 0.503. The van der Waals surface area contributed by atoms with Gasteiger partial charge >= 0.3 is 0 Å². The van der Waals surface area contributed by atoms with Crippen molar-refractivity contribution in [1.82, 2.24) is 0 Å². The van der Waals surface area contributed by atoms with Crippen LogP contribution in [0.5, 0.6) is 5.75 Å². The minimum atomic E-state index is -0.562. The van der Waals surface area contributed by atoms with E-state index in [1.54, 1.807) is 18.2 Å². The van der Waals surface area contributed by atoms with Gasteiger partial charge in [-0.2, -0.15) is 0 Å². The average molecular weight is 313 g/mol. The molecule has 7 heteroatoms. The summed E-state index contributed by atoms with van der Waals surface area (Å²) in [5.74, 6) is -0.159. The summed E-state index contributed by atoms with van der Waals surface area (Å²) in [4.78, 5) is 10.3. The predicted octanol–water partition coefficient (Wildman–Crippen LogP) is 4.22. The minimum absolute atomic E-state index is 0.159. The molecule has 0 amide bonds. The summed E-state index contributed by atoms with van der Waals surface area (Å²) < 4.78 is 0. The number of benzene rings is 2. The maximum Gasteiger partial charge on any atom is 0.296 e.